The maximum atomic E-state index is 13.3. The summed E-state index contributed by atoms with van der Waals surface area (Å²) in [5.41, 5.74) is 1.25. The van der Waals surface area contributed by atoms with Crippen molar-refractivity contribution in [3.8, 4) is 0 Å². The van der Waals surface area contributed by atoms with Gasteiger partial charge in [-0.2, -0.15) is 0 Å². The normalized spacial score (nSPS) is 17.6. The van der Waals surface area contributed by atoms with Crippen LogP contribution in [-0.2, 0) is 9.59 Å². The van der Waals surface area contributed by atoms with E-state index in [1.54, 1.807) is 24.3 Å². The third-order valence-electron chi connectivity index (χ3n) is 6.76. The van der Waals surface area contributed by atoms with Crippen LogP contribution in [0.3, 0.4) is 0 Å². The summed E-state index contributed by atoms with van der Waals surface area (Å²) in [5, 5.41) is 3.38. The molecule has 0 bridgehead atoms. The Bertz CT molecular complexity index is 1030. The second kappa shape index (κ2) is 12.2. The molecule has 2 saturated heterocycles. The Hall–Kier alpha value is -2.90. The summed E-state index contributed by atoms with van der Waals surface area (Å²) in [6, 6.07) is 16.0. The maximum Gasteiger partial charge on any atom is 0.253 e. The number of hydrogen-bond donors (Lipinski definition) is 1. The molecule has 1 N–H and O–H groups in total. The third kappa shape index (κ3) is 6.83. The number of rotatable bonds is 7. The van der Waals surface area contributed by atoms with Gasteiger partial charge in [0.2, 0.25) is 11.8 Å². The van der Waals surface area contributed by atoms with E-state index in [0.29, 0.717) is 36.8 Å². The molecule has 186 valence electrons. The zero-order valence-corrected chi connectivity index (χ0v) is 20.8. The van der Waals surface area contributed by atoms with Gasteiger partial charge in [0.05, 0.1) is 29.6 Å². The van der Waals surface area contributed by atoms with Crippen molar-refractivity contribution in [1.82, 2.24) is 20.0 Å². The van der Waals surface area contributed by atoms with Crippen molar-refractivity contribution in [3.05, 3.63) is 70.7 Å². The summed E-state index contributed by atoms with van der Waals surface area (Å²) in [7, 11) is 0. The van der Waals surface area contributed by atoms with Gasteiger partial charge in [0.15, 0.2) is 0 Å². The minimum absolute atomic E-state index is 0.00830. The minimum atomic E-state index is -0.469. The molecular formula is C27H33ClN4O3. The second-order valence-electron chi connectivity index (χ2n) is 9.22. The van der Waals surface area contributed by atoms with Crippen LogP contribution in [0, 0.1) is 0 Å². The van der Waals surface area contributed by atoms with Crippen molar-refractivity contribution in [2.24, 2.45) is 0 Å². The van der Waals surface area contributed by atoms with Crippen molar-refractivity contribution >= 4 is 29.3 Å². The van der Waals surface area contributed by atoms with Crippen LogP contribution >= 0.6 is 11.6 Å². The molecule has 2 heterocycles. The predicted molar refractivity (Wildman–Crippen MR) is 136 cm³/mol. The number of nitrogens with one attached hydrogen (secondary N) is 1. The summed E-state index contributed by atoms with van der Waals surface area (Å²) >= 11 is 6.22. The number of halogens is 1. The van der Waals surface area contributed by atoms with E-state index in [4.69, 9.17) is 11.6 Å². The molecule has 0 spiro atoms. The molecule has 0 aliphatic carbocycles. The summed E-state index contributed by atoms with van der Waals surface area (Å²) in [4.78, 5) is 44.8. The highest BCUT2D eigenvalue weighted by atomic mass is 35.5. The van der Waals surface area contributed by atoms with Crippen LogP contribution in [0.15, 0.2) is 54.6 Å². The zero-order chi connectivity index (χ0) is 24.6. The van der Waals surface area contributed by atoms with Gasteiger partial charge in [-0.3, -0.25) is 19.3 Å². The number of amides is 3. The van der Waals surface area contributed by atoms with E-state index in [1.807, 2.05) is 40.1 Å². The van der Waals surface area contributed by atoms with Gasteiger partial charge >= 0.3 is 0 Å². The van der Waals surface area contributed by atoms with Crippen molar-refractivity contribution in [1.29, 1.82) is 0 Å². The van der Waals surface area contributed by atoms with Crippen molar-refractivity contribution in [2.45, 2.75) is 31.7 Å². The summed E-state index contributed by atoms with van der Waals surface area (Å²) < 4.78 is 0. The number of likely N-dealkylation sites (tertiary alicyclic amines) is 1. The standard InChI is InChI=1S/C27H33ClN4O3/c28-23-12-5-4-11-22(23)27(35)29-24(21-9-2-1-3-10-21)19-25(33)32-16-8-13-30(17-18-32)20-26(34)31-14-6-7-15-31/h1-5,9-12,24H,6-8,13-20H2,(H,29,35). The Morgan fingerprint density at radius 1 is 0.771 bits per heavy atom. The molecule has 1 atom stereocenters. The fourth-order valence-corrected chi connectivity index (χ4v) is 4.98. The molecule has 0 radical (unpaired) electrons. The molecule has 7 nitrogen and oxygen atoms in total. The molecule has 2 aliphatic heterocycles. The topological polar surface area (TPSA) is 73.0 Å². The molecule has 0 aromatic heterocycles. The molecule has 4 rings (SSSR count). The lowest BCUT2D eigenvalue weighted by Gasteiger charge is -2.26. The lowest BCUT2D eigenvalue weighted by Crippen LogP contribution is -2.41. The quantitative estimate of drug-likeness (QED) is 0.638. The molecular weight excluding hydrogens is 464 g/mol. The predicted octanol–water partition coefficient (Wildman–Crippen LogP) is 3.36. The SMILES string of the molecule is O=C(NC(CC(=O)N1CCCN(CC(=O)N2CCCC2)CC1)c1ccccc1)c1ccccc1Cl. The first kappa shape index (κ1) is 25.2. The number of benzene rings is 2. The zero-order valence-electron chi connectivity index (χ0n) is 20.0. The third-order valence-corrected chi connectivity index (χ3v) is 7.09. The number of hydrogen-bond acceptors (Lipinski definition) is 4. The van der Waals surface area contributed by atoms with Gasteiger partial charge in [-0.15, -0.1) is 0 Å². The van der Waals surface area contributed by atoms with Crippen LogP contribution in [-0.4, -0.2) is 78.2 Å². The first-order chi connectivity index (χ1) is 17.0. The Balaban J connectivity index is 1.38. The lowest BCUT2D eigenvalue weighted by atomic mass is 10.0. The lowest BCUT2D eigenvalue weighted by molar-refractivity contribution is -0.131. The van der Waals surface area contributed by atoms with Crippen LogP contribution in [0.1, 0.15) is 47.6 Å². The van der Waals surface area contributed by atoms with Gasteiger partial charge in [0, 0.05) is 39.3 Å². The van der Waals surface area contributed by atoms with Crippen molar-refractivity contribution in [3.63, 3.8) is 0 Å². The van der Waals surface area contributed by atoms with E-state index in [0.717, 1.165) is 44.5 Å². The molecule has 2 aromatic rings. The fraction of sp³-hybridized carbons (Fsp3) is 0.444. The number of carbonyl (C=O) groups excluding carboxylic acids is 3. The minimum Gasteiger partial charge on any atom is -0.345 e. The van der Waals surface area contributed by atoms with Crippen molar-refractivity contribution in [2.75, 3.05) is 45.8 Å². The second-order valence-corrected chi connectivity index (χ2v) is 9.63. The van der Waals surface area contributed by atoms with Crippen LogP contribution in [0.5, 0.6) is 0 Å². The summed E-state index contributed by atoms with van der Waals surface area (Å²) in [5.74, 6) is -0.126. The maximum absolute atomic E-state index is 13.3. The Morgan fingerprint density at radius 3 is 2.17 bits per heavy atom. The molecule has 3 amide bonds. The van der Waals surface area contributed by atoms with Gasteiger partial charge < -0.3 is 15.1 Å². The monoisotopic (exact) mass is 496 g/mol. The average Bonchev–Trinajstić information content (AvgIpc) is 3.31. The van der Waals surface area contributed by atoms with E-state index in [9.17, 15) is 14.4 Å². The van der Waals surface area contributed by atoms with E-state index in [2.05, 4.69) is 10.2 Å². The highest BCUT2D eigenvalue weighted by molar-refractivity contribution is 6.33. The summed E-state index contributed by atoms with van der Waals surface area (Å²) in [6.07, 6.45) is 3.15. The summed E-state index contributed by atoms with van der Waals surface area (Å²) in [6.45, 7) is 4.83. The molecule has 2 aliphatic rings. The number of carbonyl (C=O) groups is 3. The van der Waals surface area contributed by atoms with Gasteiger partial charge in [0.1, 0.15) is 0 Å². The van der Waals surface area contributed by atoms with Crippen LogP contribution < -0.4 is 5.32 Å². The highest BCUT2D eigenvalue weighted by Gasteiger charge is 2.26. The Kier molecular flexibility index (Phi) is 8.77. The molecule has 2 aromatic carbocycles. The smallest absolute Gasteiger partial charge is 0.253 e. The molecule has 35 heavy (non-hydrogen) atoms. The first-order valence-corrected chi connectivity index (χ1v) is 12.8. The van der Waals surface area contributed by atoms with E-state index >= 15 is 0 Å². The largest absolute Gasteiger partial charge is 0.345 e. The van der Waals surface area contributed by atoms with E-state index in [1.165, 1.54) is 0 Å². The molecule has 2 fully saturated rings. The first-order valence-electron chi connectivity index (χ1n) is 12.4. The van der Waals surface area contributed by atoms with Crippen LogP contribution in [0.2, 0.25) is 5.02 Å². The Morgan fingerprint density at radius 2 is 1.43 bits per heavy atom. The average molecular weight is 497 g/mol. The molecule has 1 unspecified atom stereocenters. The van der Waals surface area contributed by atoms with E-state index < -0.39 is 6.04 Å². The van der Waals surface area contributed by atoms with E-state index in [-0.39, 0.29) is 24.1 Å². The van der Waals surface area contributed by atoms with Crippen LogP contribution in [0.25, 0.3) is 0 Å². The van der Waals surface area contributed by atoms with Crippen molar-refractivity contribution < 1.29 is 14.4 Å². The molecule has 0 saturated carbocycles. The van der Waals surface area contributed by atoms with Crippen LogP contribution in [0.4, 0.5) is 0 Å². The van der Waals surface area contributed by atoms with Gasteiger partial charge in [-0.25, -0.2) is 0 Å². The van der Waals surface area contributed by atoms with Gasteiger partial charge in [-0.1, -0.05) is 54.1 Å². The van der Waals surface area contributed by atoms with Gasteiger partial charge in [0.25, 0.3) is 5.91 Å². The Labute approximate surface area is 212 Å². The highest BCUT2D eigenvalue weighted by Crippen LogP contribution is 2.22. The van der Waals surface area contributed by atoms with Gasteiger partial charge in [-0.05, 0) is 37.0 Å². The fourth-order valence-electron chi connectivity index (χ4n) is 4.76. The molecule has 8 heteroatoms. The number of nitrogens with zero attached hydrogens (tertiary/aromatic N) is 3.